The number of rotatable bonds is 6. The Labute approximate surface area is 142 Å². The number of hydrogen-bond donors (Lipinski definition) is 0. The predicted molar refractivity (Wildman–Crippen MR) is 108 cm³/mol. The van der Waals surface area contributed by atoms with Gasteiger partial charge in [0.2, 0.25) is 0 Å². The van der Waals surface area contributed by atoms with Crippen molar-refractivity contribution in [3.05, 3.63) is 0 Å². The third kappa shape index (κ3) is 24.4. The molecular weight excluding hydrogens is 566 g/mol. The molecule has 0 amide bonds. The maximum atomic E-state index is 2.33. The summed E-state index contributed by atoms with van der Waals surface area (Å²) in [5, 5.41) is 0. The molecule has 0 aliphatic heterocycles. The molecule has 0 fully saturated rings. The molecule has 0 bridgehead atoms. The minimum atomic E-state index is 0.137. The van der Waals surface area contributed by atoms with Crippen molar-refractivity contribution in [3.8, 4) is 0 Å². The van der Waals surface area contributed by atoms with E-state index in [9.17, 15) is 0 Å². The van der Waals surface area contributed by atoms with Gasteiger partial charge in [0.1, 0.15) is 0 Å². The van der Waals surface area contributed by atoms with Crippen molar-refractivity contribution >= 4 is 54.9 Å². The summed E-state index contributed by atoms with van der Waals surface area (Å²) in [4.78, 5) is 0. The SMILES string of the molecule is CC[PH+](CC)CC.CC[PH+](CC)CC.[I][Pd][I]. The molecule has 0 unspecified atom stereocenters. The fourth-order valence-electron chi connectivity index (χ4n) is 1.50. The molecule has 0 aliphatic carbocycles. The van der Waals surface area contributed by atoms with E-state index in [1.165, 1.54) is 37.0 Å². The van der Waals surface area contributed by atoms with Crippen LogP contribution >= 0.6 is 54.9 Å². The average molecular weight is 599 g/mol. The summed E-state index contributed by atoms with van der Waals surface area (Å²) >= 11 is 4.65. The van der Waals surface area contributed by atoms with E-state index in [-0.39, 0.29) is 15.8 Å². The number of hydrogen-bond acceptors (Lipinski definition) is 0. The van der Waals surface area contributed by atoms with Gasteiger partial charge < -0.3 is 0 Å². The van der Waals surface area contributed by atoms with Gasteiger partial charge in [-0.2, -0.15) is 0 Å². The second kappa shape index (κ2) is 24.0. The monoisotopic (exact) mass is 598 g/mol. The van der Waals surface area contributed by atoms with Crippen LogP contribution in [-0.4, -0.2) is 37.0 Å². The Morgan fingerprint density at radius 1 is 0.588 bits per heavy atom. The quantitative estimate of drug-likeness (QED) is 0.192. The van der Waals surface area contributed by atoms with Gasteiger partial charge in [-0.05, 0) is 57.4 Å². The van der Waals surface area contributed by atoms with E-state index in [1.807, 2.05) is 0 Å². The minimum absolute atomic E-state index is 0.137. The van der Waals surface area contributed by atoms with Crippen LogP contribution in [0.2, 0.25) is 0 Å². The molecule has 0 aromatic carbocycles. The van der Waals surface area contributed by atoms with E-state index in [1.54, 1.807) is 0 Å². The third-order valence-electron chi connectivity index (χ3n) is 3.00. The Balaban J connectivity index is -0.000000188. The fraction of sp³-hybridized carbons (Fsp3) is 1.00. The van der Waals surface area contributed by atoms with Gasteiger partial charge in [-0.25, -0.2) is 0 Å². The Bertz CT molecular complexity index is 87.7. The summed E-state index contributed by atoms with van der Waals surface area (Å²) in [7, 11) is 1.16. The van der Waals surface area contributed by atoms with Crippen molar-refractivity contribution in [1.29, 1.82) is 0 Å². The van der Waals surface area contributed by atoms with Crippen LogP contribution < -0.4 is 0 Å². The van der Waals surface area contributed by atoms with Gasteiger partial charge in [0.25, 0.3) is 0 Å². The van der Waals surface area contributed by atoms with E-state index >= 15 is 0 Å². The third-order valence-corrected chi connectivity index (χ3v) is 9.00. The van der Waals surface area contributed by atoms with Crippen LogP contribution in [0.5, 0.6) is 0 Å². The summed E-state index contributed by atoms with van der Waals surface area (Å²) in [6.07, 6.45) is 8.74. The maximum absolute atomic E-state index is 2.33. The fourth-order valence-corrected chi connectivity index (χ4v) is 4.50. The van der Waals surface area contributed by atoms with Crippen LogP contribution in [0.15, 0.2) is 0 Å². The van der Waals surface area contributed by atoms with E-state index < -0.39 is 0 Å². The molecule has 0 rings (SSSR count). The zero-order valence-electron chi connectivity index (χ0n) is 12.3. The first-order valence-corrected chi connectivity index (χ1v) is 20.1. The van der Waals surface area contributed by atoms with Gasteiger partial charge in [0.05, 0.1) is 37.0 Å². The molecule has 5 heteroatoms. The van der Waals surface area contributed by atoms with Gasteiger partial charge >= 0.3 is 49.8 Å². The Hall–Kier alpha value is 2.98. The van der Waals surface area contributed by atoms with Crippen molar-refractivity contribution in [2.45, 2.75) is 41.5 Å². The predicted octanol–water partition coefficient (Wildman–Crippen LogP) is 6.29. The zero-order valence-corrected chi connectivity index (χ0v) is 20.2. The molecule has 0 N–H and O–H groups in total. The zero-order chi connectivity index (χ0) is 14.1. The molecule has 0 aromatic rings. The van der Waals surface area contributed by atoms with E-state index in [0.29, 0.717) is 0 Å². The first-order chi connectivity index (χ1) is 8.11. The molecule has 0 spiro atoms. The van der Waals surface area contributed by atoms with Crippen molar-refractivity contribution in [2.24, 2.45) is 0 Å². The Kier molecular flexibility index (Phi) is 35.3. The van der Waals surface area contributed by atoms with Crippen molar-refractivity contribution in [2.75, 3.05) is 37.0 Å². The first-order valence-electron chi connectivity index (χ1n) is 6.60. The van der Waals surface area contributed by atoms with Crippen LogP contribution in [0.3, 0.4) is 0 Å². The summed E-state index contributed by atoms with van der Waals surface area (Å²) in [5.74, 6) is 0. The van der Waals surface area contributed by atoms with Crippen LogP contribution in [-0.2, 0) is 10.8 Å². The second-order valence-electron chi connectivity index (χ2n) is 3.67. The van der Waals surface area contributed by atoms with Gasteiger partial charge in [0.15, 0.2) is 0 Å². The summed E-state index contributed by atoms with van der Waals surface area (Å²) < 4.78 is 0. The van der Waals surface area contributed by atoms with Gasteiger partial charge in [0, 0.05) is 0 Å². The Morgan fingerprint density at radius 3 is 0.706 bits per heavy atom. The van der Waals surface area contributed by atoms with Gasteiger partial charge in [-0.1, -0.05) is 0 Å². The molecule has 0 aliphatic rings. The van der Waals surface area contributed by atoms with Gasteiger partial charge in [-0.15, -0.1) is 0 Å². The molecule has 0 radical (unpaired) electrons. The molecule has 0 heterocycles. The van der Waals surface area contributed by atoms with Gasteiger partial charge in [-0.3, -0.25) is 0 Å². The molecule has 17 heavy (non-hydrogen) atoms. The molecule has 112 valence electrons. The standard InChI is InChI=1S/2C6H15P.2HI.Pd/c2*1-4-7(5-2)6-3;;;/h2*4-6H2,1-3H3;2*1H;/q;;;;+2. The van der Waals surface area contributed by atoms with Crippen LogP contribution in [0.4, 0.5) is 0 Å². The summed E-state index contributed by atoms with van der Waals surface area (Å²) in [6.45, 7) is 13.8. The van der Waals surface area contributed by atoms with E-state index in [2.05, 4.69) is 80.6 Å². The van der Waals surface area contributed by atoms with Crippen molar-refractivity contribution < 1.29 is 10.8 Å². The van der Waals surface area contributed by atoms with E-state index in [4.69, 9.17) is 0 Å². The topological polar surface area (TPSA) is 0 Å². The molecule has 0 saturated carbocycles. The molecule has 0 saturated heterocycles. The van der Waals surface area contributed by atoms with E-state index in [0.717, 1.165) is 10.8 Å². The number of halogens is 2. The molecule has 0 atom stereocenters. The first kappa shape index (κ1) is 25.0. The summed E-state index contributed by atoms with van der Waals surface area (Å²) in [6, 6.07) is 0. The Morgan fingerprint density at radius 2 is 0.706 bits per heavy atom. The molecular formula is C12H32I2P2Pd+2. The molecule has 0 nitrogen and oxygen atoms in total. The average Bonchev–Trinajstić information content (AvgIpc) is 2.35. The molecule has 0 aromatic heterocycles. The van der Waals surface area contributed by atoms with Crippen molar-refractivity contribution in [1.82, 2.24) is 0 Å². The van der Waals surface area contributed by atoms with Crippen molar-refractivity contribution in [3.63, 3.8) is 0 Å². The van der Waals surface area contributed by atoms with Crippen LogP contribution in [0.25, 0.3) is 0 Å². The van der Waals surface area contributed by atoms with Crippen LogP contribution in [0.1, 0.15) is 41.5 Å². The van der Waals surface area contributed by atoms with Crippen LogP contribution in [0, 0.1) is 0 Å². The summed E-state index contributed by atoms with van der Waals surface area (Å²) in [5.41, 5.74) is 0. The second-order valence-corrected chi connectivity index (χ2v) is 22.9. The normalized spacial score (nSPS) is 9.76.